The highest BCUT2D eigenvalue weighted by atomic mass is 32.1. The van der Waals surface area contributed by atoms with Gasteiger partial charge >= 0.3 is 0 Å². The van der Waals surface area contributed by atoms with Crippen molar-refractivity contribution in [3.05, 3.63) is 15.6 Å². The molecule has 0 saturated heterocycles. The second kappa shape index (κ2) is 5.78. The molecular formula is C13H22N2S. The van der Waals surface area contributed by atoms with E-state index >= 15 is 0 Å². The Morgan fingerprint density at radius 1 is 1.44 bits per heavy atom. The van der Waals surface area contributed by atoms with Gasteiger partial charge in [0.15, 0.2) is 0 Å². The van der Waals surface area contributed by atoms with Crippen LogP contribution in [0.15, 0.2) is 0 Å². The monoisotopic (exact) mass is 238 g/mol. The minimum atomic E-state index is 0.590. The third-order valence-corrected chi connectivity index (χ3v) is 4.36. The van der Waals surface area contributed by atoms with E-state index in [-0.39, 0.29) is 0 Å². The number of fused-ring (bicyclic) bond motifs is 1. The summed E-state index contributed by atoms with van der Waals surface area (Å²) in [6, 6.07) is 0.590. The first kappa shape index (κ1) is 12.1. The molecule has 0 aromatic carbocycles. The molecule has 0 spiro atoms. The fourth-order valence-electron chi connectivity index (χ4n) is 2.39. The van der Waals surface area contributed by atoms with Gasteiger partial charge in [-0.1, -0.05) is 19.8 Å². The second-order valence-corrected chi connectivity index (χ2v) is 5.88. The molecule has 0 amide bonds. The maximum atomic E-state index is 4.62. The lowest BCUT2D eigenvalue weighted by Gasteiger charge is -2.22. The van der Waals surface area contributed by atoms with Crippen molar-refractivity contribution < 1.29 is 0 Å². The summed E-state index contributed by atoms with van der Waals surface area (Å²) in [6.07, 6.45) is 7.72. The molecular weight excluding hydrogens is 216 g/mol. The van der Waals surface area contributed by atoms with Crippen LogP contribution in [0.3, 0.4) is 0 Å². The number of aryl methyl sites for hydroxylation is 2. The number of rotatable bonds is 5. The maximum Gasteiger partial charge on any atom is 0.0900 e. The number of aromatic nitrogens is 1. The first-order valence-corrected chi connectivity index (χ1v) is 7.32. The highest BCUT2D eigenvalue weighted by molar-refractivity contribution is 7.11. The van der Waals surface area contributed by atoms with Crippen molar-refractivity contribution in [3.63, 3.8) is 0 Å². The minimum absolute atomic E-state index is 0.590. The average molecular weight is 238 g/mol. The summed E-state index contributed by atoms with van der Waals surface area (Å²) in [5, 5.41) is 4.93. The molecule has 2 rings (SSSR count). The number of nitrogens with zero attached hydrogens (tertiary/aromatic N) is 1. The molecule has 0 aliphatic heterocycles. The number of hydrogen-bond acceptors (Lipinski definition) is 3. The van der Waals surface area contributed by atoms with Crippen molar-refractivity contribution in [1.82, 2.24) is 10.3 Å². The molecule has 1 aliphatic rings. The van der Waals surface area contributed by atoms with Crippen molar-refractivity contribution in [1.29, 1.82) is 0 Å². The summed E-state index contributed by atoms with van der Waals surface area (Å²) in [7, 11) is 0. The van der Waals surface area contributed by atoms with Crippen LogP contribution in [0.5, 0.6) is 0 Å². The molecule has 2 nitrogen and oxygen atoms in total. The fourth-order valence-corrected chi connectivity index (χ4v) is 3.47. The van der Waals surface area contributed by atoms with Crippen LogP contribution < -0.4 is 5.32 Å². The summed E-state index contributed by atoms with van der Waals surface area (Å²) in [6.45, 7) is 5.54. The molecule has 1 unspecified atom stereocenters. The van der Waals surface area contributed by atoms with E-state index in [1.54, 1.807) is 0 Å². The molecule has 1 aromatic rings. The molecule has 1 aromatic heterocycles. The lowest BCUT2D eigenvalue weighted by Crippen LogP contribution is -2.25. The SMILES string of the molecule is CCCCCNC1CCCc2nc(C)sc21. The molecule has 1 aliphatic carbocycles. The van der Waals surface area contributed by atoms with Crippen LogP contribution in [0.25, 0.3) is 0 Å². The Morgan fingerprint density at radius 3 is 3.12 bits per heavy atom. The van der Waals surface area contributed by atoms with E-state index in [1.807, 2.05) is 11.3 Å². The summed E-state index contributed by atoms with van der Waals surface area (Å²) in [5.41, 5.74) is 1.36. The van der Waals surface area contributed by atoms with Crippen molar-refractivity contribution in [2.24, 2.45) is 0 Å². The third-order valence-electron chi connectivity index (χ3n) is 3.23. The first-order valence-electron chi connectivity index (χ1n) is 6.51. The predicted octanol–water partition coefficient (Wildman–Crippen LogP) is 3.61. The van der Waals surface area contributed by atoms with Gasteiger partial charge in [-0.2, -0.15) is 0 Å². The number of hydrogen-bond donors (Lipinski definition) is 1. The number of nitrogens with one attached hydrogen (secondary N) is 1. The topological polar surface area (TPSA) is 24.9 Å². The van der Waals surface area contributed by atoms with Crippen molar-refractivity contribution >= 4 is 11.3 Å². The zero-order valence-electron chi connectivity index (χ0n) is 10.4. The summed E-state index contributed by atoms with van der Waals surface area (Å²) >= 11 is 1.89. The standard InChI is InChI=1S/C13H22N2S/c1-3-4-5-9-14-11-7-6-8-12-13(11)16-10(2)15-12/h11,14H,3-9H2,1-2H3. The van der Waals surface area contributed by atoms with Gasteiger partial charge in [0.25, 0.3) is 0 Å². The van der Waals surface area contributed by atoms with Gasteiger partial charge in [0, 0.05) is 10.9 Å². The van der Waals surface area contributed by atoms with Crippen LogP contribution in [0.2, 0.25) is 0 Å². The van der Waals surface area contributed by atoms with Crippen LogP contribution in [0.4, 0.5) is 0 Å². The molecule has 3 heteroatoms. The van der Waals surface area contributed by atoms with E-state index in [0.717, 1.165) is 6.54 Å². The Kier molecular flexibility index (Phi) is 4.36. The molecule has 0 fully saturated rings. The molecule has 1 N–H and O–H groups in total. The Balaban J connectivity index is 1.91. The lowest BCUT2D eigenvalue weighted by atomic mass is 9.98. The fraction of sp³-hybridized carbons (Fsp3) is 0.769. The molecule has 0 saturated carbocycles. The molecule has 16 heavy (non-hydrogen) atoms. The molecule has 0 radical (unpaired) electrons. The smallest absolute Gasteiger partial charge is 0.0900 e. The van der Waals surface area contributed by atoms with Gasteiger partial charge in [0.1, 0.15) is 0 Å². The quantitative estimate of drug-likeness (QED) is 0.793. The molecule has 1 atom stereocenters. The zero-order valence-corrected chi connectivity index (χ0v) is 11.2. The van der Waals surface area contributed by atoms with Crippen LogP contribution in [0, 0.1) is 6.92 Å². The average Bonchev–Trinajstić information content (AvgIpc) is 2.65. The van der Waals surface area contributed by atoms with Gasteiger partial charge in [-0.3, -0.25) is 0 Å². The van der Waals surface area contributed by atoms with Gasteiger partial charge in [-0.05, 0) is 39.2 Å². The van der Waals surface area contributed by atoms with Crippen molar-refractivity contribution in [2.45, 2.75) is 58.4 Å². The summed E-state index contributed by atoms with van der Waals surface area (Å²) in [5.74, 6) is 0. The van der Waals surface area contributed by atoms with E-state index in [2.05, 4.69) is 24.1 Å². The van der Waals surface area contributed by atoms with Gasteiger partial charge in [0.05, 0.1) is 10.7 Å². The van der Waals surface area contributed by atoms with E-state index in [1.165, 1.54) is 54.1 Å². The van der Waals surface area contributed by atoms with Crippen molar-refractivity contribution in [2.75, 3.05) is 6.54 Å². The van der Waals surface area contributed by atoms with E-state index in [0.29, 0.717) is 6.04 Å². The predicted molar refractivity (Wildman–Crippen MR) is 70.1 cm³/mol. The normalized spacial score (nSPS) is 19.8. The first-order chi connectivity index (χ1) is 7.81. The maximum absolute atomic E-state index is 4.62. The van der Waals surface area contributed by atoms with E-state index in [4.69, 9.17) is 0 Å². The van der Waals surface area contributed by atoms with Gasteiger partial charge in [-0.15, -0.1) is 11.3 Å². The Hall–Kier alpha value is -0.410. The lowest BCUT2D eigenvalue weighted by molar-refractivity contribution is 0.455. The van der Waals surface area contributed by atoms with E-state index < -0.39 is 0 Å². The van der Waals surface area contributed by atoms with Gasteiger partial charge < -0.3 is 5.32 Å². The van der Waals surface area contributed by atoms with Gasteiger partial charge in [-0.25, -0.2) is 4.98 Å². The van der Waals surface area contributed by atoms with Crippen LogP contribution in [-0.4, -0.2) is 11.5 Å². The van der Waals surface area contributed by atoms with E-state index in [9.17, 15) is 0 Å². The molecule has 1 heterocycles. The zero-order chi connectivity index (χ0) is 11.4. The second-order valence-electron chi connectivity index (χ2n) is 4.65. The minimum Gasteiger partial charge on any atom is -0.309 e. The highest BCUT2D eigenvalue weighted by Crippen LogP contribution is 2.33. The summed E-state index contributed by atoms with van der Waals surface area (Å²) in [4.78, 5) is 6.14. The van der Waals surface area contributed by atoms with Crippen LogP contribution in [-0.2, 0) is 6.42 Å². The van der Waals surface area contributed by atoms with Crippen LogP contribution >= 0.6 is 11.3 Å². The highest BCUT2D eigenvalue weighted by Gasteiger charge is 2.22. The van der Waals surface area contributed by atoms with Gasteiger partial charge in [0.2, 0.25) is 0 Å². The number of thiazole rings is 1. The Bertz CT molecular complexity index is 333. The Labute approximate surface area is 102 Å². The largest absolute Gasteiger partial charge is 0.309 e. The molecule has 0 bridgehead atoms. The van der Waals surface area contributed by atoms with Crippen LogP contribution in [0.1, 0.15) is 60.6 Å². The summed E-state index contributed by atoms with van der Waals surface area (Å²) < 4.78 is 0. The Morgan fingerprint density at radius 2 is 2.31 bits per heavy atom. The van der Waals surface area contributed by atoms with Crippen molar-refractivity contribution in [3.8, 4) is 0 Å². The molecule has 90 valence electrons. The number of unbranched alkanes of at least 4 members (excludes halogenated alkanes) is 2. The third kappa shape index (κ3) is 2.83.